The Kier molecular flexibility index (Phi) is 7.14. The Hall–Kier alpha value is -1.11. The highest BCUT2D eigenvalue weighted by Crippen LogP contribution is 2.25. The van der Waals surface area contributed by atoms with Gasteiger partial charge in [-0.25, -0.2) is 13.1 Å². The highest BCUT2D eigenvalue weighted by Gasteiger charge is 2.19. The summed E-state index contributed by atoms with van der Waals surface area (Å²) in [6.45, 7) is 8.06. The molecule has 0 aliphatic rings. The first-order valence-corrected chi connectivity index (χ1v) is 8.76. The maximum absolute atomic E-state index is 12.3. The standard InChI is InChI=1S/C15H26N2O3S/c1-5-8-16-11-13-6-7-15(14(9-13)20-4)21(18,19)17-10-12(2)3/h6-7,9,12,16-17H,5,8,10-11H2,1-4H3. The molecule has 1 aromatic rings. The third kappa shape index (κ3) is 5.65. The molecule has 1 rings (SSSR count). The van der Waals surface area contributed by atoms with E-state index in [1.807, 2.05) is 19.9 Å². The highest BCUT2D eigenvalue weighted by molar-refractivity contribution is 7.89. The van der Waals surface area contributed by atoms with Gasteiger partial charge < -0.3 is 10.1 Å². The molecule has 0 bridgehead atoms. The van der Waals surface area contributed by atoms with Gasteiger partial charge in [-0.15, -0.1) is 0 Å². The minimum Gasteiger partial charge on any atom is -0.495 e. The maximum Gasteiger partial charge on any atom is 0.244 e. The Bertz CT molecular complexity index is 542. The summed E-state index contributed by atoms with van der Waals surface area (Å²) in [6.07, 6.45) is 1.06. The van der Waals surface area contributed by atoms with E-state index in [0.29, 0.717) is 18.8 Å². The van der Waals surface area contributed by atoms with Crippen molar-refractivity contribution in [3.05, 3.63) is 23.8 Å². The molecule has 1 aromatic carbocycles. The molecule has 0 spiro atoms. The number of rotatable bonds is 9. The summed E-state index contributed by atoms with van der Waals surface area (Å²) in [6, 6.07) is 5.19. The molecule has 0 fully saturated rings. The fraction of sp³-hybridized carbons (Fsp3) is 0.600. The van der Waals surface area contributed by atoms with Crippen LogP contribution in [0.3, 0.4) is 0 Å². The van der Waals surface area contributed by atoms with Crippen LogP contribution in [0.15, 0.2) is 23.1 Å². The lowest BCUT2D eigenvalue weighted by molar-refractivity contribution is 0.401. The average molecular weight is 314 g/mol. The number of nitrogens with one attached hydrogen (secondary N) is 2. The Morgan fingerprint density at radius 3 is 2.57 bits per heavy atom. The first-order valence-electron chi connectivity index (χ1n) is 7.28. The molecule has 6 heteroatoms. The van der Waals surface area contributed by atoms with Gasteiger partial charge in [0, 0.05) is 13.1 Å². The molecule has 0 atom stereocenters. The molecular formula is C15H26N2O3S. The van der Waals surface area contributed by atoms with Gasteiger partial charge in [-0.3, -0.25) is 0 Å². The Labute approximate surface area is 128 Å². The van der Waals surface area contributed by atoms with E-state index in [0.717, 1.165) is 18.5 Å². The van der Waals surface area contributed by atoms with E-state index in [2.05, 4.69) is 17.0 Å². The van der Waals surface area contributed by atoms with Crippen molar-refractivity contribution in [2.24, 2.45) is 5.92 Å². The molecule has 0 heterocycles. The van der Waals surface area contributed by atoms with Gasteiger partial charge in [0.2, 0.25) is 10.0 Å². The van der Waals surface area contributed by atoms with E-state index in [1.165, 1.54) is 7.11 Å². The first-order chi connectivity index (χ1) is 9.90. The molecular weight excluding hydrogens is 288 g/mol. The molecule has 0 saturated carbocycles. The van der Waals surface area contributed by atoms with Crippen LogP contribution in [0.25, 0.3) is 0 Å². The second kappa shape index (κ2) is 8.36. The number of methoxy groups -OCH3 is 1. The van der Waals surface area contributed by atoms with E-state index in [1.54, 1.807) is 12.1 Å². The smallest absolute Gasteiger partial charge is 0.244 e. The molecule has 0 unspecified atom stereocenters. The lowest BCUT2D eigenvalue weighted by Gasteiger charge is -2.13. The van der Waals surface area contributed by atoms with Crippen molar-refractivity contribution in [1.82, 2.24) is 10.0 Å². The van der Waals surface area contributed by atoms with Crippen molar-refractivity contribution in [2.75, 3.05) is 20.2 Å². The second-order valence-electron chi connectivity index (χ2n) is 5.41. The van der Waals surface area contributed by atoms with E-state index in [4.69, 9.17) is 4.74 Å². The van der Waals surface area contributed by atoms with Crippen molar-refractivity contribution in [3.63, 3.8) is 0 Å². The van der Waals surface area contributed by atoms with Crippen molar-refractivity contribution < 1.29 is 13.2 Å². The van der Waals surface area contributed by atoms with Crippen LogP contribution < -0.4 is 14.8 Å². The topological polar surface area (TPSA) is 67.4 Å². The van der Waals surface area contributed by atoms with Gasteiger partial charge in [-0.2, -0.15) is 0 Å². The number of ether oxygens (including phenoxy) is 1. The second-order valence-corrected chi connectivity index (χ2v) is 7.14. The minimum absolute atomic E-state index is 0.185. The van der Waals surface area contributed by atoms with Crippen molar-refractivity contribution in [1.29, 1.82) is 0 Å². The van der Waals surface area contributed by atoms with Gasteiger partial charge in [-0.1, -0.05) is 26.8 Å². The van der Waals surface area contributed by atoms with Crippen LogP contribution in [0.2, 0.25) is 0 Å². The van der Waals surface area contributed by atoms with Crippen LogP contribution in [-0.4, -0.2) is 28.6 Å². The van der Waals surface area contributed by atoms with Crippen molar-refractivity contribution in [2.45, 2.75) is 38.6 Å². The fourth-order valence-corrected chi connectivity index (χ4v) is 3.17. The number of benzene rings is 1. The normalized spacial score (nSPS) is 11.9. The zero-order valence-electron chi connectivity index (χ0n) is 13.3. The molecule has 0 aliphatic heterocycles. The van der Waals surface area contributed by atoms with Crippen LogP contribution in [-0.2, 0) is 16.6 Å². The summed E-state index contributed by atoms with van der Waals surface area (Å²) in [5, 5.41) is 3.28. The first kappa shape index (κ1) is 17.9. The average Bonchev–Trinajstić information content (AvgIpc) is 2.45. The molecule has 21 heavy (non-hydrogen) atoms. The molecule has 2 N–H and O–H groups in total. The lowest BCUT2D eigenvalue weighted by Crippen LogP contribution is -2.28. The van der Waals surface area contributed by atoms with E-state index in [9.17, 15) is 8.42 Å². The van der Waals surface area contributed by atoms with Gasteiger partial charge >= 0.3 is 0 Å². The SMILES string of the molecule is CCCNCc1ccc(S(=O)(=O)NCC(C)C)c(OC)c1. The molecule has 5 nitrogen and oxygen atoms in total. The predicted octanol–water partition coefficient (Wildman–Crippen LogP) is 2.13. The molecule has 0 aromatic heterocycles. The maximum atomic E-state index is 12.3. The molecule has 0 amide bonds. The monoisotopic (exact) mass is 314 g/mol. The highest BCUT2D eigenvalue weighted by atomic mass is 32.2. The van der Waals surface area contributed by atoms with Crippen LogP contribution in [0, 0.1) is 5.92 Å². The molecule has 120 valence electrons. The number of hydrogen-bond acceptors (Lipinski definition) is 4. The predicted molar refractivity (Wildman–Crippen MR) is 85.0 cm³/mol. The van der Waals surface area contributed by atoms with Crippen LogP contribution in [0.4, 0.5) is 0 Å². The van der Waals surface area contributed by atoms with E-state index >= 15 is 0 Å². The summed E-state index contributed by atoms with van der Waals surface area (Å²) in [5.74, 6) is 0.630. The van der Waals surface area contributed by atoms with Crippen molar-refractivity contribution in [3.8, 4) is 5.75 Å². The summed E-state index contributed by atoms with van der Waals surface area (Å²) in [7, 11) is -2.05. The minimum atomic E-state index is -3.54. The quantitative estimate of drug-likeness (QED) is 0.685. The Morgan fingerprint density at radius 1 is 1.29 bits per heavy atom. The van der Waals surface area contributed by atoms with E-state index in [-0.39, 0.29) is 10.8 Å². The lowest BCUT2D eigenvalue weighted by atomic mass is 10.2. The molecule has 0 radical (unpaired) electrons. The van der Waals surface area contributed by atoms with Gasteiger partial charge in [0.15, 0.2) is 0 Å². The summed E-state index contributed by atoms with van der Waals surface area (Å²) in [4.78, 5) is 0.185. The van der Waals surface area contributed by atoms with E-state index < -0.39 is 10.0 Å². The third-order valence-electron chi connectivity index (χ3n) is 2.96. The Morgan fingerprint density at radius 2 is 2.00 bits per heavy atom. The summed E-state index contributed by atoms with van der Waals surface area (Å²) >= 11 is 0. The van der Waals surface area contributed by atoms with Gasteiger partial charge in [0.05, 0.1) is 7.11 Å². The molecule has 0 aliphatic carbocycles. The summed E-state index contributed by atoms with van der Waals surface area (Å²) in [5.41, 5.74) is 1.00. The van der Waals surface area contributed by atoms with Gasteiger partial charge in [0.1, 0.15) is 10.6 Å². The fourth-order valence-electron chi connectivity index (χ4n) is 1.81. The van der Waals surface area contributed by atoms with Crippen molar-refractivity contribution >= 4 is 10.0 Å². The summed E-state index contributed by atoms with van der Waals surface area (Å²) < 4.78 is 32.4. The van der Waals surface area contributed by atoms with Gasteiger partial charge in [0.25, 0.3) is 0 Å². The van der Waals surface area contributed by atoms with Crippen LogP contribution in [0.1, 0.15) is 32.8 Å². The zero-order valence-corrected chi connectivity index (χ0v) is 14.1. The Balaban J connectivity index is 2.92. The molecule has 0 saturated heterocycles. The number of sulfonamides is 1. The third-order valence-corrected chi connectivity index (χ3v) is 4.42. The van der Waals surface area contributed by atoms with Crippen LogP contribution >= 0.6 is 0 Å². The van der Waals surface area contributed by atoms with Gasteiger partial charge in [-0.05, 0) is 36.6 Å². The number of hydrogen-bond donors (Lipinski definition) is 2. The zero-order chi connectivity index (χ0) is 15.9. The largest absolute Gasteiger partial charge is 0.495 e. The van der Waals surface area contributed by atoms with Crippen LogP contribution in [0.5, 0.6) is 5.75 Å².